The second-order valence-electron chi connectivity index (χ2n) is 5.25. The van der Waals surface area contributed by atoms with Crippen LogP contribution in [0.25, 0.3) is 0 Å². The number of carbonyl (C=O) groups is 3. The number of nitrogens with zero attached hydrogens (tertiary/aromatic N) is 1. The predicted molar refractivity (Wildman–Crippen MR) is 89.8 cm³/mol. The lowest BCUT2D eigenvalue weighted by atomic mass is 10.2. The number of benzene rings is 1. The third-order valence-electron chi connectivity index (χ3n) is 3.49. The van der Waals surface area contributed by atoms with Gasteiger partial charge >= 0.3 is 11.9 Å². The molecule has 0 fully saturated rings. The normalized spacial score (nSPS) is 10.1. The Morgan fingerprint density at radius 3 is 2.33 bits per heavy atom. The Labute approximate surface area is 142 Å². The highest BCUT2D eigenvalue weighted by atomic mass is 16.5. The van der Waals surface area contributed by atoms with Gasteiger partial charge in [0.2, 0.25) is 5.91 Å². The zero-order chi connectivity index (χ0) is 17.9. The SMILES string of the molecule is CCN(CC)C(=O)CCCCOC(=O)c1ccccc1OC(C)=O. The lowest BCUT2D eigenvalue weighted by molar-refractivity contribution is -0.132. The van der Waals surface area contributed by atoms with Crippen molar-refractivity contribution in [3.8, 4) is 5.75 Å². The molecule has 6 heteroatoms. The van der Waals surface area contributed by atoms with Gasteiger partial charge in [0.05, 0.1) is 6.61 Å². The Hall–Kier alpha value is -2.37. The zero-order valence-electron chi connectivity index (χ0n) is 14.5. The van der Waals surface area contributed by atoms with E-state index < -0.39 is 11.9 Å². The van der Waals surface area contributed by atoms with E-state index in [1.165, 1.54) is 6.92 Å². The van der Waals surface area contributed by atoms with Crippen molar-refractivity contribution in [3.63, 3.8) is 0 Å². The second-order valence-corrected chi connectivity index (χ2v) is 5.25. The Morgan fingerprint density at radius 1 is 1.04 bits per heavy atom. The first-order valence-corrected chi connectivity index (χ1v) is 8.21. The zero-order valence-corrected chi connectivity index (χ0v) is 14.5. The molecule has 0 aromatic heterocycles. The largest absolute Gasteiger partial charge is 0.462 e. The van der Waals surface area contributed by atoms with Crippen LogP contribution in [0.1, 0.15) is 50.4 Å². The molecule has 1 aromatic rings. The number of hydrogen-bond donors (Lipinski definition) is 0. The van der Waals surface area contributed by atoms with Crippen LogP contribution < -0.4 is 4.74 Å². The lowest BCUT2D eigenvalue weighted by Gasteiger charge is -2.18. The van der Waals surface area contributed by atoms with E-state index in [1.807, 2.05) is 13.8 Å². The van der Waals surface area contributed by atoms with Crippen LogP contribution in [0, 0.1) is 0 Å². The summed E-state index contributed by atoms with van der Waals surface area (Å²) in [5.41, 5.74) is 0.215. The summed E-state index contributed by atoms with van der Waals surface area (Å²) < 4.78 is 10.2. The van der Waals surface area contributed by atoms with Crippen LogP contribution in [0.4, 0.5) is 0 Å². The van der Waals surface area contributed by atoms with Gasteiger partial charge in [0.1, 0.15) is 11.3 Å². The summed E-state index contributed by atoms with van der Waals surface area (Å²) in [5, 5.41) is 0. The van der Waals surface area contributed by atoms with Crippen LogP contribution in [0.15, 0.2) is 24.3 Å². The number of hydrogen-bond acceptors (Lipinski definition) is 5. The van der Waals surface area contributed by atoms with E-state index in [2.05, 4.69) is 0 Å². The fourth-order valence-electron chi connectivity index (χ4n) is 2.23. The molecule has 0 aliphatic rings. The molecule has 0 unspecified atom stereocenters. The van der Waals surface area contributed by atoms with Crippen molar-refractivity contribution in [2.24, 2.45) is 0 Å². The summed E-state index contributed by atoms with van der Waals surface area (Å²) >= 11 is 0. The molecule has 0 aliphatic heterocycles. The van der Waals surface area contributed by atoms with Gasteiger partial charge in [-0.15, -0.1) is 0 Å². The summed E-state index contributed by atoms with van der Waals surface area (Å²) in [4.78, 5) is 36.7. The quantitative estimate of drug-likeness (QED) is 0.394. The van der Waals surface area contributed by atoms with Gasteiger partial charge in [-0.25, -0.2) is 4.79 Å². The molecule has 0 bridgehead atoms. The third-order valence-corrected chi connectivity index (χ3v) is 3.49. The van der Waals surface area contributed by atoms with E-state index in [9.17, 15) is 14.4 Å². The number of carbonyl (C=O) groups excluding carboxylic acids is 3. The first-order valence-electron chi connectivity index (χ1n) is 8.21. The highest BCUT2D eigenvalue weighted by molar-refractivity contribution is 5.93. The van der Waals surface area contributed by atoms with Gasteiger partial charge < -0.3 is 14.4 Å². The molecule has 0 spiro atoms. The molecule has 1 amide bonds. The molecule has 1 aromatic carbocycles. The van der Waals surface area contributed by atoms with Gasteiger partial charge in [-0.3, -0.25) is 9.59 Å². The Bertz CT molecular complexity index is 566. The average molecular weight is 335 g/mol. The van der Waals surface area contributed by atoms with E-state index in [-0.39, 0.29) is 23.8 Å². The summed E-state index contributed by atoms with van der Waals surface area (Å²) in [6, 6.07) is 6.44. The lowest BCUT2D eigenvalue weighted by Crippen LogP contribution is -2.30. The molecule has 132 valence electrons. The molecule has 0 heterocycles. The minimum Gasteiger partial charge on any atom is -0.462 e. The Morgan fingerprint density at radius 2 is 1.71 bits per heavy atom. The molecule has 6 nitrogen and oxygen atoms in total. The van der Waals surface area contributed by atoms with E-state index in [0.717, 1.165) is 0 Å². The number of para-hydroxylation sites is 1. The van der Waals surface area contributed by atoms with Gasteiger partial charge in [0.25, 0.3) is 0 Å². The van der Waals surface area contributed by atoms with E-state index in [4.69, 9.17) is 9.47 Å². The van der Waals surface area contributed by atoms with Crippen molar-refractivity contribution in [2.75, 3.05) is 19.7 Å². The standard InChI is InChI=1S/C18H25NO5/c1-4-19(5-2)17(21)12-8-9-13-23-18(22)15-10-6-7-11-16(15)24-14(3)20/h6-7,10-11H,4-5,8-9,12-13H2,1-3H3. The number of ether oxygens (including phenoxy) is 2. The number of esters is 2. The summed E-state index contributed by atoms with van der Waals surface area (Å²) in [5.74, 6) is -0.731. The van der Waals surface area contributed by atoms with E-state index in [0.29, 0.717) is 32.4 Å². The smallest absolute Gasteiger partial charge is 0.341 e. The average Bonchev–Trinajstić information content (AvgIpc) is 2.55. The Kier molecular flexibility index (Phi) is 8.54. The van der Waals surface area contributed by atoms with Gasteiger partial charge in [0, 0.05) is 26.4 Å². The molecule has 0 aliphatic carbocycles. The van der Waals surface area contributed by atoms with Crippen molar-refractivity contribution < 1.29 is 23.9 Å². The van der Waals surface area contributed by atoms with Crippen LogP contribution in [-0.2, 0) is 14.3 Å². The monoisotopic (exact) mass is 335 g/mol. The van der Waals surface area contributed by atoms with Gasteiger partial charge in [-0.2, -0.15) is 0 Å². The highest BCUT2D eigenvalue weighted by Crippen LogP contribution is 2.19. The maximum Gasteiger partial charge on any atom is 0.341 e. The summed E-state index contributed by atoms with van der Waals surface area (Å²) in [6.45, 7) is 6.80. The van der Waals surface area contributed by atoms with E-state index >= 15 is 0 Å². The number of amides is 1. The predicted octanol–water partition coefficient (Wildman–Crippen LogP) is 2.81. The molecule has 24 heavy (non-hydrogen) atoms. The molecule has 0 atom stereocenters. The highest BCUT2D eigenvalue weighted by Gasteiger charge is 2.15. The van der Waals surface area contributed by atoms with Crippen LogP contribution in [0.5, 0.6) is 5.75 Å². The molecule has 1 rings (SSSR count). The van der Waals surface area contributed by atoms with Crippen molar-refractivity contribution in [1.29, 1.82) is 0 Å². The maximum atomic E-state index is 12.1. The summed E-state index contributed by atoms with van der Waals surface area (Å²) in [7, 11) is 0. The molecular weight excluding hydrogens is 310 g/mol. The minimum atomic E-state index is -0.540. The molecule has 0 saturated heterocycles. The fourth-order valence-corrected chi connectivity index (χ4v) is 2.23. The molecule has 0 radical (unpaired) electrons. The summed E-state index contributed by atoms with van der Waals surface area (Å²) in [6.07, 6.45) is 1.71. The van der Waals surface area contributed by atoms with Gasteiger partial charge in [0.15, 0.2) is 0 Å². The third kappa shape index (κ3) is 6.40. The van der Waals surface area contributed by atoms with Crippen molar-refractivity contribution in [1.82, 2.24) is 4.90 Å². The maximum absolute atomic E-state index is 12.1. The Balaban J connectivity index is 2.40. The second kappa shape index (κ2) is 10.4. The number of unbranched alkanes of at least 4 members (excludes halogenated alkanes) is 1. The van der Waals surface area contributed by atoms with Crippen molar-refractivity contribution >= 4 is 17.8 Å². The van der Waals surface area contributed by atoms with Crippen molar-refractivity contribution in [3.05, 3.63) is 29.8 Å². The minimum absolute atomic E-state index is 0.117. The number of rotatable bonds is 9. The van der Waals surface area contributed by atoms with Crippen LogP contribution >= 0.6 is 0 Å². The molecule has 0 N–H and O–H groups in total. The molecule has 0 saturated carbocycles. The first kappa shape index (κ1) is 19.7. The van der Waals surface area contributed by atoms with E-state index in [1.54, 1.807) is 29.2 Å². The van der Waals surface area contributed by atoms with Crippen molar-refractivity contribution in [2.45, 2.75) is 40.0 Å². The van der Waals surface area contributed by atoms with Gasteiger partial charge in [-0.1, -0.05) is 12.1 Å². The topological polar surface area (TPSA) is 72.9 Å². The molecular formula is C18H25NO5. The van der Waals surface area contributed by atoms with Crippen LogP contribution in [0.2, 0.25) is 0 Å². The fraction of sp³-hybridized carbons (Fsp3) is 0.500. The van der Waals surface area contributed by atoms with Crippen LogP contribution in [-0.4, -0.2) is 42.4 Å². The van der Waals surface area contributed by atoms with Crippen LogP contribution in [0.3, 0.4) is 0 Å². The first-order chi connectivity index (χ1) is 11.5. The van der Waals surface area contributed by atoms with Gasteiger partial charge in [-0.05, 0) is 38.8 Å².